The minimum atomic E-state index is -0.382. The molecular formula is C16H13BrCl2N2O2. The SMILES string of the molecule is CC(=NNC(=O)COc1ccc(Cl)cc1Cl)c1ccc(Br)cc1. The Labute approximate surface area is 152 Å². The summed E-state index contributed by atoms with van der Waals surface area (Å²) in [5, 5.41) is 4.89. The number of hydrogen-bond acceptors (Lipinski definition) is 3. The number of rotatable bonds is 5. The molecule has 0 atom stereocenters. The van der Waals surface area contributed by atoms with E-state index in [1.807, 2.05) is 24.3 Å². The largest absolute Gasteiger partial charge is 0.482 e. The third kappa shape index (κ3) is 5.53. The number of carbonyl (C=O) groups is 1. The van der Waals surface area contributed by atoms with Crippen molar-refractivity contribution in [2.45, 2.75) is 6.92 Å². The molecule has 7 heteroatoms. The molecule has 120 valence electrons. The molecule has 1 amide bonds. The highest BCUT2D eigenvalue weighted by Gasteiger charge is 2.06. The number of hydrazone groups is 1. The zero-order valence-electron chi connectivity index (χ0n) is 12.1. The van der Waals surface area contributed by atoms with Crippen LogP contribution in [0.1, 0.15) is 12.5 Å². The Morgan fingerprint density at radius 2 is 1.91 bits per heavy atom. The van der Waals surface area contributed by atoms with Gasteiger partial charge in [-0.25, -0.2) is 5.43 Å². The molecule has 0 bridgehead atoms. The summed E-state index contributed by atoms with van der Waals surface area (Å²) in [6.07, 6.45) is 0. The van der Waals surface area contributed by atoms with Gasteiger partial charge in [0.25, 0.3) is 5.91 Å². The van der Waals surface area contributed by atoms with Crippen LogP contribution in [0.4, 0.5) is 0 Å². The minimum absolute atomic E-state index is 0.196. The summed E-state index contributed by atoms with van der Waals surface area (Å²) >= 11 is 15.1. The number of hydrogen-bond donors (Lipinski definition) is 1. The van der Waals surface area contributed by atoms with E-state index in [4.69, 9.17) is 27.9 Å². The summed E-state index contributed by atoms with van der Waals surface area (Å²) in [6.45, 7) is 1.61. The fourth-order valence-electron chi connectivity index (χ4n) is 1.67. The van der Waals surface area contributed by atoms with E-state index in [0.717, 1.165) is 10.0 Å². The van der Waals surface area contributed by atoms with E-state index in [1.54, 1.807) is 25.1 Å². The molecule has 0 aliphatic heterocycles. The van der Waals surface area contributed by atoms with Crippen molar-refractivity contribution in [2.24, 2.45) is 5.10 Å². The molecule has 0 aliphatic rings. The van der Waals surface area contributed by atoms with Crippen LogP contribution in [0.2, 0.25) is 10.0 Å². The zero-order valence-corrected chi connectivity index (χ0v) is 15.2. The first-order chi connectivity index (χ1) is 11.0. The van der Waals surface area contributed by atoms with Crippen molar-refractivity contribution >= 4 is 50.8 Å². The third-order valence-electron chi connectivity index (χ3n) is 2.86. The van der Waals surface area contributed by atoms with Crippen molar-refractivity contribution in [3.8, 4) is 5.75 Å². The molecular weight excluding hydrogens is 403 g/mol. The summed E-state index contributed by atoms with van der Waals surface area (Å²) < 4.78 is 6.31. The lowest BCUT2D eigenvalue weighted by atomic mass is 10.1. The Morgan fingerprint density at radius 3 is 2.57 bits per heavy atom. The van der Waals surface area contributed by atoms with Crippen LogP contribution in [0.15, 0.2) is 52.0 Å². The van der Waals surface area contributed by atoms with Gasteiger partial charge in [-0.1, -0.05) is 51.3 Å². The van der Waals surface area contributed by atoms with Crippen LogP contribution in [-0.2, 0) is 4.79 Å². The van der Waals surface area contributed by atoms with E-state index >= 15 is 0 Å². The number of benzene rings is 2. The van der Waals surface area contributed by atoms with Crippen molar-refractivity contribution in [1.29, 1.82) is 0 Å². The molecule has 0 spiro atoms. The van der Waals surface area contributed by atoms with Crippen LogP contribution < -0.4 is 10.2 Å². The van der Waals surface area contributed by atoms with Crippen LogP contribution in [0, 0.1) is 0 Å². The number of halogens is 3. The van der Waals surface area contributed by atoms with E-state index in [2.05, 4.69) is 26.5 Å². The number of carbonyl (C=O) groups excluding carboxylic acids is 1. The van der Waals surface area contributed by atoms with Gasteiger partial charge >= 0.3 is 0 Å². The fourth-order valence-corrected chi connectivity index (χ4v) is 2.40. The maximum absolute atomic E-state index is 11.8. The summed E-state index contributed by atoms with van der Waals surface area (Å²) in [4.78, 5) is 11.8. The Balaban J connectivity index is 1.89. The smallest absolute Gasteiger partial charge is 0.277 e. The number of ether oxygens (including phenoxy) is 1. The average Bonchev–Trinajstić information content (AvgIpc) is 2.52. The standard InChI is InChI=1S/C16H13BrCl2N2O2/c1-10(11-2-4-12(17)5-3-11)20-21-16(22)9-23-15-7-6-13(18)8-14(15)19/h2-8H,9H2,1H3,(H,21,22). The Hall–Kier alpha value is -1.56. The molecule has 23 heavy (non-hydrogen) atoms. The van der Waals surface area contributed by atoms with Gasteiger partial charge in [0.05, 0.1) is 10.7 Å². The number of amides is 1. The molecule has 0 unspecified atom stereocenters. The summed E-state index contributed by atoms with van der Waals surface area (Å²) in [5.41, 5.74) is 4.04. The van der Waals surface area contributed by atoms with Gasteiger partial charge in [-0.3, -0.25) is 4.79 Å². The van der Waals surface area contributed by atoms with E-state index < -0.39 is 0 Å². The molecule has 0 fully saturated rings. The summed E-state index contributed by atoms with van der Waals surface area (Å²) in [6, 6.07) is 12.4. The van der Waals surface area contributed by atoms with E-state index in [9.17, 15) is 4.79 Å². The molecule has 0 saturated heterocycles. The summed E-state index contributed by atoms with van der Waals surface area (Å²) in [5.74, 6) is 0.00676. The highest BCUT2D eigenvalue weighted by Crippen LogP contribution is 2.27. The first-order valence-electron chi connectivity index (χ1n) is 6.62. The van der Waals surface area contributed by atoms with Gasteiger partial charge in [0.2, 0.25) is 0 Å². The molecule has 0 radical (unpaired) electrons. The maximum Gasteiger partial charge on any atom is 0.277 e. The Morgan fingerprint density at radius 1 is 1.22 bits per heavy atom. The second-order valence-electron chi connectivity index (χ2n) is 4.60. The van der Waals surface area contributed by atoms with Crippen LogP contribution in [0.25, 0.3) is 0 Å². The molecule has 2 rings (SSSR count). The van der Waals surface area contributed by atoms with Crippen LogP contribution in [0.3, 0.4) is 0 Å². The third-order valence-corrected chi connectivity index (χ3v) is 3.92. The minimum Gasteiger partial charge on any atom is -0.482 e. The van der Waals surface area contributed by atoms with Gasteiger partial charge in [-0.15, -0.1) is 0 Å². The van der Waals surface area contributed by atoms with E-state index in [0.29, 0.717) is 21.5 Å². The van der Waals surface area contributed by atoms with Gasteiger partial charge in [0.1, 0.15) is 5.75 Å². The quantitative estimate of drug-likeness (QED) is 0.569. The second-order valence-corrected chi connectivity index (χ2v) is 6.36. The molecule has 0 aromatic heterocycles. The van der Waals surface area contributed by atoms with Gasteiger partial charge in [-0.2, -0.15) is 5.10 Å². The molecule has 2 aromatic carbocycles. The highest BCUT2D eigenvalue weighted by molar-refractivity contribution is 9.10. The molecule has 2 aromatic rings. The van der Waals surface area contributed by atoms with Crippen LogP contribution >= 0.6 is 39.1 Å². The lowest BCUT2D eigenvalue weighted by molar-refractivity contribution is -0.123. The summed E-state index contributed by atoms with van der Waals surface area (Å²) in [7, 11) is 0. The van der Waals surface area contributed by atoms with E-state index in [1.165, 1.54) is 0 Å². The first kappa shape index (κ1) is 17.8. The lowest BCUT2D eigenvalue weighted by Crippen LogP contribution is -2.25. The first-order valence-corrected chi connectivity index (χ1v) is 8.17. The molecule has 1 N–H and O–H groups in total. The molecule has 0 saturated carbocycles. The fraction of sp³-hybridized carbons (Fsp3) is 0.125. The number of nitrogens with one attached hydrogen (secondary N) is 1. The highest BCUT2D eigenvalue weighted by atomic mass is 79.9. The predicted octanol–water partition coefficient (Wildman–Crippen LogP) is 4.68. The van der Waals surface area contributed by atoms with Crippen molar-refractivity contribution < 1.29 is 9.53 Å². The Bertz CT molecular complexity index is 733. The maximum atomic E-state index is 11.8. The number of nitrogens with zero attached hydrogens (tertiary/aromatic N) is 1. The van der Waals surface area contributed by atoms with Gasteiger partial charge < -0.3 is 4.74 Å². The van der Waals surface area contributed by atoms with Crippen molar-refractivity contribution in [1.82, 2.24) is 5.43 Å². The second kappa shape index (κ2) is 8.34. The average molecular weight is 416 g/mol. The predicted molar refractivity (Wildman–Crippen MR) is 96.5 cm³/mol. The molecule has 0 aliphatic carbocycles. The van der Waals surface area contributed by atoms with Crippen molar-refractivity contribution in [3.63, 3.8) is 0 Å². The normalized spacial score (nSPS) is 11.2. The van der Waals surface area contributed by atoms with Gasteiger partial charge in [-0.05, 0) is 42.8 Å². The van der Waals surface area contributed by atoms with Crippen molar-refractivity contribution in [2.75, 3.05) is 6.61 Å². The van der Waals surface area contributed by atoms with Gasteiger partial charge in [0, 0.05) is 9.50 Å². The monoisotopic (exact) mass is 414 g/mol. The van der Waals surface area contributed by atoms with Crippen LogP contribution in [0.5, 0.6) is 5.75 Å². The molecule has 0 heterocycles. The lowest BCUT2D eigenvalue weighted by Gasteiger charge is -2.07. The Kier molecular flexibility index (Phi) is 6.45. The van der Waals surface area contributed by atoms with E-state index in [-0.39, 0.29) is 12.5 Å². The zero-order chi connectivity index (χ0) is 16.8. The van der Waals surface area contributed by atoms with Crippen LogP contribution in [-0.4, -0.2) is 18.2 Å². The molecule has 4 nitrogen and oxygen atoms in total. The van der Waals surface area contributed by atoms with Crippen molar-refractivity contribution in [3.05, 3.63) is 62.5 Å². The van der Waals surface area contributed by atoms with Gasteiger partial charge in [0.15, 0.2) is 6.61 Å². The topological polar surface area (TPSA) is 50.7 Å².